The van der Waals surface area contributed by atoms with Crippen LogP contribution in [0, 0.1) is 26.5 Å². The van der Waals surface area contributed by atoms with Gasteiger partial charge in [-0.2, -0.15) is 5.26 Å². The van der Waals surface area contributed by atoms with Gasteiger partial charge >= 0.3 is 0 Å². The lowest BCUT2D eigenvalue weighted by atomic mass is 9.98. The quantitative estimate of drug-likeness (QED) is 0.581. The van der Waals surface area contributed by atoms with Crippen molar-refractivity contribution < 1.29 is 23.7 Å². The van der Waals surface area contributed by atoms with E-state index >= 15 is 0 Å². The van der Waals surface area contributed by atoms with Crippen molar-refractivity contribution in [3.63, 3.8) is 0 Å². The van der Waals surface area contributed by atoms with Gasteiger partial charge < -0.3 is 14.9 Å². The normalized spacial score (nSPS) is 12.5. The molecule has 0 saturated heterocycles. The van der Waals surface area contributed by atoms with E-state index < -0.39 is 23.3 Å². The van der Waals surface area contributed by atoms with Crippen LogP contribution >= 0.6 is 22.6 Å². The number of halogens is 3. The molecular weight excluding hydrogens is 467 g/mol. The Labute approximate surface area is 170 Å². The van der Waals surface area contributed by atoms with Crippen molar-refractivity contribution in [3.05, 3.63) is 62.2 Å². The molecule has 2 aromatic carbocycles. The minimum absolute atomic E-state index is 0.0133. The molecule has 2 rings (SSSR count). The lowest BCUT2D eigenvalue weighted by molar-refractivity contribution is -0.0557. The highest BCUT2D eigenvalue weighted by molar-refractivity contribution is 14.1. The first-order chi connectivity index (χ1) is 12.6. The Bertz CT molecular complexity index is 860. The summed E-state index contributed by atoms with van der Waals surface area (Å²) in [4.78, 5) is 0. The molecule has 0 radical (unpaired) electrons. The van der Waals surface area contributed by atoms with E-state index in [1.807, 2.05) is 28.7 Å². The van der Waals surface area contributed by atoms with Crippen molar-refractivity contribution >= 4 is 22.6 Å². The van der Waals surface area contributed by atoms with Crippen LogP contribution in [0.15, 0.2) is 30.3 Å². The summed E-state index contributed by atoms with van der Waals surface area (Å²) < 4.78 is 34.3. The molecule has 0 aliphatic heterocycles. The van der Waals surface area contributed by atoms with Gasteiger partial charge in [0.1, 0.15) is 23.5 Å². The largest absolute Gasteiger partial charge is 0.492 e. The number of nitriles is 1. The second-order valence-electron chi connectivity index (χ2n) is 6.77. The van der Waals surface area contributed by atoms with E-state index in [0.29, 0.717) is 11.1 Å². The van der Waals surface area contributed by atoms with Crippen molar-refractivity contribution in [2.45, 2.75) is 38.4 Å². The molecule has 0 aromatic heterocycles. The fourth-order valence-corrected chi connectivity index (χ4v) is 2.97. The van der Waals surface area contributed by atoms with Gasteiger partial charge in [0.2, 0.25) is 0 Å². The van der Waals surface area contributed by atoms with E-state index in [4.69, 9.17) is 4.74 Å². The summed E-state index contributed by atoms with van der Waals surface area (Å²) in [6.07, 6.45) is -0.880. The average molecular weight is 487 g/mol. The second kappa shape index (κ2) is 8.95. The first-order valence-corrected chi connectivity index (χ1v) is 9.39. The number of aliphatic hydroxyl groups is 2. The average Bonchev–Trinajstić information content (AvgIpc) is 2.56. The van der Waals surface area contributed by atoms with E-state index in [1.54, 1.807) is 12.1 Å². The van der Waals surface area contributed by atoms with Crippen molar-refractivity contribution in [1.29, 1.82) is 5.26 Å². The predicted octanol–water partition coefficient (Wildman–Crippen LogP) is 3.93. The summed E-state index contributed by atoms with van der Waals surface area (Å²) in [5, 5.41) is 29.0. The standard InChI is InChI=1S/C20H20F2INO3/c1-20(2,26)19(25)5-6-27-18-9-14(21)8-13(16(18)11-24)7-12-3-4-15(23)10-17(12)22/h3-4,8-10,19,25-26H,5-7H2,1-2H3. The zero-order valence-corrected chi connectivity index (χ0v) is 17.1. The topological polar surface area (TPSA) is 73.5 Å². The molecule has 0 saturated carbocycles. The molecule has 7 heteroatoms. The minimum atomic E-state index is -1.29. The summed E-state index contributed by atoms with van der Waals surface area (Å²) in [5.74, 6) is -1.000. The van der Waals surface area contributed by atoms with Gasteiger partial charge in [-0.15, -0.1) is 0 Å². The summed E-state index contributed by atoms with van der Waals surface area (Å²) >= 11 is 1.99. The number of nitrogens with zero attached hydrogens (tertiary/aromatic N) is 1. The summed E-state index contributed by atoms with van der Waals surface area (Å²) in [6, 6.07) is 8.97. The lowest BCUT2D eigenvalue weighted by Gasteiger charge is -2.24. The summed E-state index contributed by atoms with van der Waals surface area (Å²) in [6.45, 7) is 2.92. The summed E-state index contributed by atoms with van der Waals surface area (Å²) in [5.41, 5.74) is -0.514. The molecule has 0 fully saturated rings. The Balaban J connectivity index is 2.23. The van der Waals surface area contributed by atoms with E-state index in [9.17, 15) is 24.3 Å². The highest BCUT2D eigenvalue weighted by Gasteiger charge is 2.24. The minimum Gasteiger partial charge on any atom is -0.492 e. The molecule has 2 aromatic rings. The molecule has 2 N–H and O–H groups in total. The van der Waals surface area contributed by atoms with E-state index in [2.05, 4.69) is 0 Å². The van der Waals surface area contributed by atoms with Crippen LogP contribution in [-0.2, 0) is 6.42 Å². The van der Waals surface area contributed by atoms with Crippen LogP contribution < -0.4 is 4.74 Å². The zero-order valence-electron chi connectivity index (χ0n) is 15.0. The molecule has 27 heavy (non-hydrogen) atoms. The first-order valence-electron chi connectivity index (χ1n) is 8.31. The fourth-order valence-electron chi connectivity index (χ4n) is 2.52. The number of aliphatic hydroxyl groups excluding tert-OH is 1. The Morgan fingerprint density at radius 1 is 1.22 bits per heavy atom. The molecule has 144 valence electrons. The van der Waals surface area contributed by atoms with Crippen LogP contribution in [0.25, 0.3) is 0 Å². The molecule has 0 bridgehead atoms. The molecule has 0 heterocycles. The van der Waals surface area contributed by atoms with Gasteiger partial charge in [0, 0.05) is 22.5 Å². The highest BCUT2D eigenvalue weighted by atomic mass is 127. The van der Waals surface area contributed by atoms with E-state index in [1.165, 1.54) is 26.0 Å². The van der Waals surface area contributed by atoms with Crippen LogP contribution in [0.4, 0.5) is 8.78 Å². The van der Waals surface area contributed by atoms with Crippen molar-refractivity contribution in [3.8, 4) is 11.8 Å². The zero-order chi connectivity index (χ0) is 20.2. The van der Waals surface area contributed by atoms with Gasteiger partial charge in [0.25, 0.3) is 0 Å². The predicted molar refractivity (Wildman–Crippen MR) is 105 cm³/mol. The fraction of sp³-hybridized carbons (Fsp3) is 0.350. The third-order valence-electron chi connectivity index (χ3n) is 4.12. The maximum Gasteiger partial charge on any atom is 0.140 e. The molecule has 1 unspecified atom stereocenters. The maximum absolute atomic E-state index is 14.1. The maximum atomic E-state index is 14.1. The second-order valence-corrected chi connectivity index (χ2v) is 8.01. The molecule has 4 nitrogen and oxygen atoms in total. The van der Waals surface area contributed by atoms with Crippen LogP contribution in [0.2, 0.25) is 0 Å². The Morgan fingerprint density at radius 3 is 2.52 bits per heavy atom. The monoisotopic (exact) mass is 487 g/mol. The lowest BCUT2D eigenvalue weighted by Crippen LogP contribution is -2.36. The SMILES string of the molecule is CC(C)(O)C(O)CCOc1cc(F)cc(Cc2ccc(I)cc2F)c1C#N. The van der Waals surface area contributed by atoms with Gasteiger partial charge in [-0.1, -0.05) is 6.07 Å². The third-order valence-corrected chi connectivity index (χ3v) is 4.79. The molecule has 0 amide bonds. The highest BCUT2D eigenvalue weighted by Crippen LogP contribution is 2.27. The van der Waals surface area contributed by atoms with Crippen molar-refractivity contribution in [1.82, 2.24) is 0 Å². The van der Waals surface area contributed by atoms with Crippen LogP contribution in [0.1, 0.15) is 37.0 Å². The van der Waals surface area contributed by atoms with Crippen molar-refractivity contribution in [2.24, 2.45) is 0 Å². The molecule has 0 aliphatic rings. The van der Waals surface area contributed by atoms with E-state index in [0.717, 1.165) is 9.64 Å². The number of hydrogen-bond acceptors (Lipinski definition) is 4. The van der Waals surface area contributed by atoms with Gasteiger partial charge in [-0.25, -0.2) is 8.78 Å². The van der Waals surface area contributed by atoms with E-state index in [-0.39, 0.29) is 30.8 Å². The van der Waals surface area contributed by atoms with Gasteiger partial charge in [-0.3, -0.25) is 0 Å². The van der Waals surface area contributed by atoms with Crippen LogP contribution in [0.3, 0.4) is 0 Å². The Hall–Kier alpha value is -1.76. The number of rotatable bonds is 7. The van der Waals surface area contributed by atoms with Gasteiger partial charge in [0.15, 0.2) is 0 Å². The molecule has 0 spiro atoms. The molecule has 0 aliphatic carbocycles. The summed E-state index contributed by atoms with van der Waals surface area (Å²) in [7, 11) is 0. The van der Waals surface area contributed by atoms with Gasteiger partial charge in [0.05, 0.1) is 23.9 Å². The Kier molecular flexibility index (Phi) is 7.14. The van der Waals surface area contributed by atoms with Crippen LogP contribution in [-0.4, -0.2) is 28.5 Å². The number of hydrogen-bond donors (Lipinski definition) is 2. The first kappa shape index (κ1) is 21.5. The molecular formula is C20H20F2INO3. The van der Waals surface area contributed by atoms with Crippen molar-refractivity contribution in [2.75, 3.05) is 6.61 Å². The smallest absolute Gasteiger partial charge is 0.140 e. The third kappa shape index (κ3) is 5.86. The molecule has 1 atom stereocenters. The Morgan fingerprint density at radius 2 is 1.93 bits per heavy atom. The number of benzene rings is 2. The van der Waals surface area contributed by atoms with Gasteiger partial charge in [-0.05, 0) is 65.8 Å². The number of ether oxygens (including phenoxy) is 1. The van der Waals surface area contributed by atoms with Crippen LogP contribution in [0.5, 0.6) is 5.75 Å².